The van der Waals surface area contributed by atoms with Crippen LogP contribution < -0.4 is 0 Å². The highest BCUT2D eigenvalue weighted by Gasteiger charge is 2.20. The average molecular weight is 435 g/mol. The summed E-state index contributed by atoms with van der Waals surface area (Å²) in [5.41, 5.74) is 7.43. The highest BCUT2D eigenvalue weighted by atomic mass is 15.1. The highest BCUT2D eigenvalue weighted by Crippen LogP contribution is 2.41. The molecule has 0 aliphatic rings. The van der Waals surface area contributed by atoms with Gasteiger partial charge in [-0.1, -0.05) is 54.6 Å². The first-order valence-electron chi connectivity index (χ1n) is 11.5. The van der Waals surface area contributed by atoms with Crippen LogP contribution in [0.3, 0.4) is 0 Å². The van der Waals surface area contributed by atoms with Crippen LogP contribution in [0.15, 0.2) is 109 Å². The van der Waals surface area contributed by atoms with E-state index < -0.39 is 0 Å². The number of aromatic nitrogens is 4. The molecule has 4 nitrogen and oxygen atoms in total. The third kappa shape index (κ3) is 2.17. The van der Waals surface area contributed by atoms with Crippen molar-refractivity contribution in [1.82, 2.24) is 18.9 Å². The number of rotatable bonds is 1. The normalized spacial score (nSPS) is 12.1. The van der Waals surface area contributed by atoms with E-state index in [9.17, 15) is 0 Å². The topological polar surface area (TPSA) is 35.1 Å². The maximum absolute atomic E-state index is 5.04. The van der Waals surface area contributed by atoms with Crippen molar-refractivity contribution in [1.29, 1.82) is 0 Å². The third-order valence-electron chi connectivity index (χ3n) is 6.92. The zero-order valence-electron chi connectivity index (χ0n) is 18.2. The van der Waals surface area contributed by atoms with Crippen molar-refractivity contribution in [3.63, 3.8) is 0 Å². The second-order valence-electron chi connectivity index (χ2n) is 8.70. The van der Waals surface area contributed by atoms with Crippen LogP contribution >= 0.6 is 0 Å². The first-order valence-corrected chi connectivity index (χ1v) is 11.5. The van der Waals surface area contributed by atoms with Crippen LogP contribution in [0.25, 0.3) is 66.0 Å². The van der Waals surface area contributed by atoms with Gasteiger partial charge in [0.15, 0.2) is 5.65 Å². The molecule has 0 amide bonds. The van der Waals surface area contributed by atoms with Crippen molar-refractivity contribution in [2.75, 3.05) is 0 Å². The summed E-state index contributed by atoms with van der Waals surface area (Å²) in [6, 6.07) is 36.4. The first-order chi connectivity index (χ1) is 16.9. The summed E-state index contributed by atoms with van der Waals surface area (Å²) in [4.78, 5) is 9.72. The third-order valence-corrected chi connectivity index (χ3v) is 6.92. The summed E-state index contributed by atoms with van der Waals surface area (Å²) < 4.78 is 4.57. The Hall–Kier alpha value is -4.70. The summed E-state index contributed by atoms with van der Waals surface area (Å²) in [5.74, 6) is 0. The SMILES string of the molecule is c1ccc(-n2c3ccccc3c3c4c5ccccc5n5c6ncccc6nc5c4ccc32)cc1. The molecule has 0 spiro atoms. The van der Waals surface area contributed by atoms with Gasteiger partial charge in [-0.15, -0.1) is 0 Å². The van der Waals surface area contributed by atoms with E-state index in [2.05, 4.69) is 105 Å². The van der Waals surface area contributed by atoms with Gasteiger partial charge in [0.1, 0.15) is 11.2 Å². The van der Waals surface area contributed by atoms with E-state index in [1.54, 1.807) is 0 Å². The minimum absolute atomic E-state index is 0.891. The number of hydrogen-bond donors (Lipinski definition) is 0. The minimum atomic E-state index is 0.891. The summed E-state index contributed by atoms with van der Waals surface area (Å²) in [7, 11) is 0. The van der Waals surface area contributed by atoms with Crippen molar-refractivity contribution in [3.05, 3.63) is 109 Å². The maximum Gasteiger partial charge on any atom is 0.164 e. The molecular weight excluding hydrogens is 416 g/mol. The number of para-hydroxylation sites is 3. The molecule has 8 aromatic rings. The van der Waals surface area contributed by atoms with Gasteiger partial charge in [0.25, 0.3) is 0 Å². The zero-order valence-corrected chi connectivity index (χ0v) is 18.2. The molecule has 0 saturated carbocycles. The van der Waals surface area contributed by atoms with Crippen LogP contribution in [-0.4, -0.2) is 18.9 Å². The lowest BCUT2D eigenvalue weighted by Crippen LogP contribution is -1.94. The van der Waals surface area contributed by atoms with Gasteiger partial charge in [0, 0.05) is 38.8 Å². The van der Waals surface area contributed by atoms with Gasteiger partial charge in [-0.2, -0.15) is 0 Å². The van der Waals surface area contributed by atoms with E-state index >= 15 is 0 Å². The molecule has 0 atom stereocenters. The smallest absolute Gasteiger partial charge is 0.164 e. The van der Waals surface area contributed by atoms with Crippen molar-refractivity contribution >= 4 is 60.3 Å². The fraction of sp³-hybridized carbons (Fsp3) is 0. The second-order valence-corrected chi connectivity index (χ2v) is 8.70. The molecule has 8 rings (SSSR count). The standard InChI is InChI=1S/C30H18N4/c1-2-9-19(10-3-1)33-24-14-6-5-12-21(24)28-26(33)17-16-22-27(28)20-11-4-7-15-25(20)34-29(22)32-23-13-8-18-31-30(23)34/h1-18H. The molecule has 4 heteroatoms. The predicted molar refractivity (Wildman–Crippen MR) is 140 cm³/mol. The molecule has 0 aliphatic heterocycles. The number of pyridine rings is 2. The van der Waals surface area contributed by atoms with Crippen LogP contribution in [0.4, 0.5) is 0 Å². The largest absolute Gasteiger partial charge is 0.309 e. The Balaban J connectivity index is 1.70. The Morgan fingerprint density at radius 2 is 1.24 bits per heavy atom. The Morgan fingerprint density at radius 3 is 2.09 bits per heavy atom. The van der Waals surface area contributed by atoms with Gasteiger partial charge in [0.2, 0.25) is 0 Å². The molecule has 158 valence electrons. The Bertz CT molecular complexity index is 2060. The summed E-state index contributed by atoms with van der Waals surface area (Å²) in [6.45, 7) is 0. The number of nitrogens with zero attached hydrogens (tertiary/aromatic N) is 4. The minimum Gasteiger partial charge on any atom is -0.309 e. The number of imidazole rings is 1. The summed E-state index contributed by atoms with van der Waals surface area (Å²) in [6.07, 6.45) is 1.84. The fourth-order valence-corrected chi connectivity index (χ4v) is 5.58. The van der Waals surface area contributed by atoms with Gasteiger partial charge < -0.3 is 4.57 Å². The van der Waals surface area contributed by atoms with Gasteiger partial charge >= 0.3 is 0 Å². The van der Waals surface area contributed by atoms with Gasteiger partial charge in [-0.05, 0) is 48.5 Å². The molecule has 0 N–H and O–H groups in total. The molecule has 0 aliphatic carbocycles. The monoisotopic (exact) mass is 434 g/mol. The van der Waals surface area contributed by atoms with Crippen LogP contribution in [0.2, 0.25) is 0 Å². The fourth-order valence-electron chi connectivity index (χ4n) is 5.58. The van der Waals surface area contributed by atoms with Crippen molar-refractivity contribution in [2.24, 2.45) is 0 Å². The second kappa shape index (κ2) is 6.42. The molecule has 0 radical (unpaired) electrons. The lowest BCUT2D eigenvalue weighted by Gasteiger charge is -2.11. The van der Waals surface area contributed by atoms with Crippen LogP contribution in [0.5, 0.6) is 0 Å². The van der Waals surface area contributed by atoms with Crippen LogP contribution in [0, 0.1) is 0 Å². The summed E-state index contributed by atoms with van der Waals surface area (Å²) >= 11 is 0. The number of benzene rings is 4. The van der Waals surface area contributed by atoms with Crippen LogP contribution in [0.1, 0.15) is 0 Å². The van der Waals surface area contributed by atoms with E-state index in [1.807, 2.05) is 18.3 Å². The first kappa shape index (κ1) is 17.8. The molecular formula is C30H18N4. The Morgan fingerprint density at radius 1 is 0.500 bits per heavy atom. The van der Waals surface area contributed by atoms with Crippen molar-refractivity contribution < 1.29 is 0 Å². The van der Waals surface area contributed by atoms with E-state index in [1.165, 1.54) is 32.6 Å². The molecule has 34 heavy (non-hydrogen) atoms. The lowest BCUT2D eigenvalue weighted by molar-refractivity contribution is 1.18. The maximum atomic E-state index is 5.04. The molecule has 4 heterocycles. The molecule has 0 fully saturated rings. The van der Waals surface area contributed by atoms with E-state index in [-0.39, 0.29) is 0 Å². The highest BCUT2D eigenvalue weighted by molar-refractivity contribution is 6.30. The molecule has 0 bridgehead atoms. The zero-order chi connectivity index (χ0) is 22.2. The van der Waals surface area contributed by atoms with E-state index in [4.69, 9.17) is 4.98 Å². The van der Waals surface area contributed by atoms with E-state index in [0.717, 1.165) is 33.4 Å². The number of fused-ring (bicyclic) bond motifs is 12. The number of hydrogen-bond acceptors (Lipinski definition) is 2. The van der Waals surface area contributed by atoms with Crippen molar-refractivity contribution in [3.8, 4) is 5.69 Å². The van der Waals surface area contributed by atoms with E-state index in [0.29, 0.717) is 0 Å². The lowest BCUT2D eigenvalue weighted by atomic mass is 10.00. The van der Waals surface area contributed by atoms with Gasteiger partial charge in [0.05, 0.1) is 16.6 Å². The molecule has 0 saturated heterocycles. The van der Waals surface area contributed by atoms with Crippen LogP contribution in [-0.2, 0) is 0 Å². The Kier molecular flexibility index (Phi) is 3.36. The molecule has 0 unspecified atom stereocenters. The Labute approximate surface area is 194 Å². The van der Waals surface area contributed by atoms with Gasteiger partial charge in [-0.3, -0.25) is 4.40 Å². The summed E-state index contributed by atoms with van der Waals surface area (Å²) in [5, 5.41) is 6.09. The molecule has 4 aromatic heterocycles. The van der Waals surface area contributed by atoms with Crippen molar-refractivity contribution in [2.45, 2.75) is 0 Å². The van der Waals surface area contributed by atoms with Gasteiger partial charge in [-0.25, -0.2) is 9.97 Å². The quantitative estimate of drug-likeness (QED) is 0.254. The average Bonchev–Trinajstić information content (AvgIpc) is 3.45. The predicted octanol–water partition coefficient (Wildman–Crippen LogP) is 7.29. The molecule has 4 aromatic carbocycles.